The molecule has 3 aromatic rings. The fourth-order valence-electron chi connectivity index (χ4n) is 2.64. The number of thiophene rings is 1. The van der Waals surface area contributed by atoms with Gasteiger partial charge in [0, 0.05) is 21.8 Å². The third-order valence-corrected chi connectivity index (χ3v) is 6.22. The van der Waals surface area contributed by atoms with E-state index < -0.39 is 0 Å². The summed E-state index contributed by atoms with van der Waals surface area (Å²) < 4.78 is 0. The van der Waals surface area contributed by atoms with Gasteiger partial charge in [-0.25, -0.2) is 0 Å². The van der Waals surface area contributed by atoms with Gasteiger partial charge in [0.2, 0.25) is 5.91 Å². The summed E-state index contributed by atoms with van der Waals surface area (Å²) in [6, 6.07) is 18.8. The summed E-state index contributed by atoms with van der Waals surface area (Å²) >= 11 is 8.88. The quantitative estimate of drug-likeness (QED) is 0.525. The van der Waals surface area contributed by atoms with Gasteiger partial charge in [-0.3, -0.25) is 9.59 Å². The van der Waals surface area contributed by atoms with Crippen molar-refractivity contribution >= 4 is 52.2 Å². The van der Waals surface area contributed by atoms with E-state index in [0.29, 0.717) is 9.90 Å². The van der Waals surface area contributed by atoms with E-state index in [1.54, 1.807) is 24.9 Å². The lowest BCUT2D eigenvalue weighted by molar-refractivity contribution is -0.116. The number of likely N-dealkylation sites (N-methyl/N-ethyl adjacent to an activating group) is 1. The van der Waals surface area contributed by atoms with Crippen LogP contribution < -0.4 is 5.32 Å². The van der Waals surface area contributed by atoms with Crippen LogP contribution in [0, 0.1) is 0 Å². The van der Waals surface area contributed by atoms with Crippen LogP contribution in [0.5, 0.6) is 0 Å². The Kier molecular flexibility index (Phi) is 6.78. The van der Waals surface area contributed by atoms with Crippen molar-refractivity contribution in [2.45, 2.75) is 4.90 Å². The molecule has 3 rings (SSSR count). The SMILES string of the molecule is CSc1ccccc1NC(=O)CN(C)C(=O)c1ccc(-c2ccc(Cl)cc2)s1. The molecule has 0 atom stereocenters. The number of carbonyl (C=O) groups is 2. The number of rotatable bonds is 6. The Labute approximate surface area is 177 Å². The Hall–Kier alpha value is -2.28. The number of para-hydroxylation sites is 1. The second-order valence-corrected chi connectivity index (χ2v) is 8.45. The minimum absolute atomic E-state index is 0.0181. The van der Waals surface area contributed by atoms with Crippen molar-refractivity contribution in [3.8, 4) is 10.4 Å². The van der Waals surface area contributed by atoms with Crippen molar-refractivity contribution in [2.24, 2.45) is 0 Å². The number of thioether (sulfide) groups is 1. The normalized spacial score (nSPS) is 10.5. The highest BCUT2D eigenvalue weighted by molar-refractivity contribution is 7.98. The van der Waals surface area contributed by atoms with Crippen molar-refractivity contribution in [2.75, 3.05) is 25.2 Å². The summed E-state index contributed by atoms with van der Waals surface area (Å²) in [6.45, 7) is -0.0181. The van der Waals surface area contributed by atoms with Crippen molar-refractivity contribution in [3.05, 3.63) is 70.6 Å². The Morgan fingerprint density at radius 1 is 1.07 bits per heavy atom. The first-order chi connectivity index (χ1) is 13.5. The molecule has 2 amide bonds. The number of carbonyl (C=O) groups excluding carboxylic acids is 2. The Balaban J connectivity index is 1.64. The zero-order valence-corrected chi connectivity index (χ0v) is 17.8. The lowest BCUT2D eigenvalue weighted by Crippen LogP contribution is -2.34. The van der Waals surface area contributed by atoms with Gasteiger partial charge in [-0.05, 0) is 48.2 Å². The van der Waals surface area contributed by atoms with E-state index in [1.807, 2.05) is 60.9 Å². The molecule has 7 heteroatoms. The molecular formula is C21H19ClN2O2S2. The molecule has 2 aromatic carbocycles. The Morgan fingerprint density at radius 3 is 2.50 bits per heavy atom. The van der Waals surface area contributed by atoms with Crippen LogP contribution in [0.15, 0.2) is 65.6 Å². The summed E-state index contributed by atoms with van der Waals surface area (Å²) in [6.07, 6.45) is 1.95. The van der Waals surface area contributed by atoms with E-state index in [1.165, 1.54) is 16.2 Å². The van der Waals surface area contributed by atoms with E-state index in [0.717, 1.165) is 21.0 Å². The van der Waals surface area contributed by atoms with E-state index >= 15 is 0 Å². The van der Waals surface area contributed by atoms with Gasteiger partial charge >= 0.3 is 0 Å². The maximum Gasteiger partial charge on any atom is 0.264 e. The molecule has 0 spiro atoms. The molecule has 0 saturated carbocycles. The van der Waals surface area contributed by atoms with Gasteiger partial charge < -0.3 is 10.2 Å². The molecule has 1 N–H and O–H groups in total. The molecule has 1 aromatic heterocycles. The second kappa shape index (κ2) is 9.28. The van der Waals surface area contributed by atoms with Gasteiger partial charge in [-0.15, -0.1) is 23.1 Å². The topological polar surface area (TPSA) is 49.4 Å². The fraction of sp³-hybridized carbons (Fsp3) is 0.143. The number of amides is 2. The van der Waals surface area contributed by atoms with Crippen LogP contribution >= 0.6 is 34.7 Å². The lowest BCUT2D eigenvalue weighted by Gasteiger charge is -2.16. The number of hydrogen-bond acceptors (Lipinski definition) is 4. The molecular weight excluding hydrogens is 412 g/mol. The van der Waals surface area contributed by atoms with Crippen molar-refractivity contribution < 1.29 is 9.59 Å². The van der Waals surface area contributed by atoms with E-state index in [4.69, 9.17) is 11.6 Å². The zero-order valence-electron chi connectivity index (χ0n) is 15.4. The minimum atomic E-state index is -0.230. The Morgan fingerprint density at radius 2 is 1.79 bits per heavy atom. The molecule has 0 aliphatic rings. The molecule has 28 heavy (non-hydrogen) atoms. The predicted octanol–water partition coefficient (Wildman–Crippen LogP) is 5.50. The highest BCUT2D eigenvalue weighted by Crippen LogP contribution is 2.29. The summed E-state index contributed by atoms with van der Waals surface area (Å²) in [5, 5.41) is 3.54. The molecule has 0 saturated heterocycles. The summed E-state index contributed by atoms with van der Waals surface area (Å²) in [4.78, 5) is 29.0. The maximum atomic E-state index is 12.7. The summed E-state index contributed by atoms with van der Waals surface area (Å²) in [5.41, 5.74) is 1.75. The van der Waals surface area contributed by atoms with Crippen LogP contribution in [0.3, 0.4) is 0 Å². The number of halogens is 1. The van der Waals surface area contributed by atoms with Gasteiger partial charge in [0.05, 0.1) is 17.1 Å². The molecule has 144 valence electrons. The first kappa shape index (κ1) is 20.5. The maximum absolute atomic E-state index is 12.7. The smallest absolute Gasteiger partial charge is 0.264 e. The largest absolute Gasteiger partial charge is 0.332 e. The first-order valence-corrected chi connectivity index (χ1v) is 10.9. The molecule has 0 aliphatic heterocycles. The van der Waals surface area contributed by atoms with Crippen LogP contribution in [0.25, 0.3) is 10.4 Å². The van der Waals surface area contributed by atoms with Crippen LogP contribution in [0.2, 0.25) is 5.02 Å². The highest BCUT2D eigenvalue weighted by Gasteiger charge is 2.18. The highest BCUT2D eigenvalue weighted by atomic mass is 35.5. The van der Waals surface area contributed by atoms with E-state index in [9.17, 15) is 9.59 Å². The zero-order chi connectivity index (χ0) is 20.1. The van der Waals surface area contributed by atoms with Gasteiger partial charge in [0.15, 0.2) is 0 Å². The minimum Gasteiger partial charge on any atom is -0.332 e. The fourth-order valence-corrected chi connectivity index (χ4v) is 4.32. The van der Waals surface area contributed by atoms with Crippen LogP contribution in [-0.2, 0) is 4.79 Å². The predicted molar refractivity (Wildman–Crippen MR) is 119 cm³/mol. The third kappa shape index (κ3) is 4.95. The van der Waals surface area contributed by atoms with Gasteiger partial charge in [0.1, 0.15) is 0 Å². The molecule has 1 heterocycles. The molecule has 0 fully saturated rings. The number of nitrogens with one attached hydrogen (secondary N) is 1. The number of benzene rings is 2. The molecule has 0 bridgehead atoms. The molecule has 0 unspecified atom stereocenters. The first-order valence-electron chi connectivity index (χ1n) is 8.52. The van der Waals surface area contributed by atoms with Crippen molar-refractivity contribution in [1.29, 1.82) is 0 Å². The molecule has 4 nitrogen and oxygen atoms in total. The monoisotopic (exact) mass is 430 g/mol. The van der Waals surface area contributed by atoms with E-state index in [2.05, 4.69) is 5.32 Å². The molecule has 0 aliphatic carbocycles. The lowest BCUT2D eigenvalue weighted by atomic mass is 10.2. The van der Waals surface area contributed by atoms with Gasteiger partial charge in [-0.1, -0.05) is 35.9 Å². The van der Waals surface area contributed by atoms with Crippen LogP contribution in [0.1, 0.15) is 9.67 Å². The van der Waals surface area contributed by atoms with Crippen molar-refractivity contribution in [1.82, 2.24) is 4.90 Å². The van der Waals surface area contributed by atoms with Gasteiger partial charge in [-0.2, -0.15) is 0 Å². The standard InChI is InChI=1S/C21H19ClN2O2S2/c1-24(13-20(25)23-16-5-3-4-6-18(16)27-2)21(26)19-12-11-17(28-19)14-7-9-15(22)10-8-14/h3-12H,13H2,1-2H3,(H,23,25). The number of hydrogen-bond donors (Lipinski definition) is 1. The van der Waals surface area contributed by atoms with Gasteiger partial charge in [0.25, 0.3) is 5.91 Å². The molecule has 0 radical (unpaired) electrons. The third-order valence-electron chi connectivity index (χ3n) is 4.05. The average Bonchev–Trinajstić information content (AvgIpc) is 3.18. The van der Waals surface area contributed by atoms with Crippen LogP contribution in [-0.4, -0.2) is 36.6 Å². The summed E-state index contributed by atoms with van der Waals surface area (Å²) in [5.74, 6) is -0.412. The second-order valence-electron chi connectivity index (χ2n) is 6.08. The number of nitrogens with zero attached hydrogens (tertiary/aromatic N) is 1. The Bertz CT molecular complexity index is 986. The van der Waals surface area contributed by atoms with Crippen LogP contribution in [0.4, 0.5) is 5.69 Å². The average molecular weight is 431 g/mol. The van der Waals surface area contributed by atoms with E-state index in [-0.39, 0.29) is 18.4 Å². The van der Waals surface area contributed by atoms with Crippen molar-refractivity contribution in [3.63, 3.8) is 0 Å². The number of anilines is 1. The summed E-state index contributed by atoms with van der Waals surface area (Å²) in [7, 11) is 1.63.